The third-order valence-corrected chi connectivity index (χ3v) is 2.52. The molecule has 0 spiro atoms. The molecule has 2 aromatic rings. The zero-order chi connectivity index (χ0) is 12.6. The third-order valence-electron chi connectivity index (χ3n) is 2.30. The highest BCUT2D eigenvalue weighted by Crippen LogP contribution is 2.08. The van der Waals surface area contributed by atoms with Gasteiger partial charge in [0.05, 0.1) is 13.2 Å². The van der Waals surface area contributed by atoms with Gasteiger partial charge >= 0.3 is 0 Å². The van der Waals surface area contributed by atoms with Crippen LogP contribution in [0.3, 0.4) is 0 Å². The number of para-hydroxylation sites is 1. The fourth-order valence-corrected chi connectivity index (χ4v) is 1.53. The fraction of sp³-hybridized carbons (Fsp3) is 0.214. The maximum absolute atomic E-state index is 5.69. The number of halogens is 1. The standard InChI is InChI=1S/C14H14ClNO2/c15-14-7-6-12(10-16-14)11-17-8-9-18-13-4-2-1-3-5-13/h1-7,10H,8-9,11H2. The second-order valence-corrected chi connectivity index (χ2v) is 4.09. The summed E-state index contributed by atoms with van der Waals surface area (Å²) in [6.07, 6.45) is 1.71. The number of ether oxygens (including phenoxy) is 2. The van der Waals surface area contributed by atoms with Crippen molar-refractivity contribution in [3.05, 3.63) is 59.4 Å². The van der Waals surface area contributed by atoms with Crippen LogP contribution in [0.25, 0.3) is 0 Å². The topological polar surface area (TPSA) is 31.4 Å². The van der Waals surface area contributed by atoms with E-state index in [9.17, 15) is 0 Å². The Balaban J connectivity index is 1.63. The number of nitrogens with zero attached hydrogens (tertiary/aromatic N) is 1. The second-order valence-electron chi connectivity index (χ2n) is 3.70. The minimum Gasteiger partial charge on any atom is -0.491 e. The molecule has 4 heteroatoms. The molecule has 3 nitrogen and oxygen atoms in total. The van der Waals surface area contributed by atoms with Gasteiger partial charge in [-0.25, -0.2) is 4.98 Å². The lowest BCUT2D eigenvalue weighted by Gasteiger charge is -2.06. The van der Waals surface area contributed by atoms with Crippen molar-refractivity contribution in [3.63, 3.8) is 0 Å². The maximum atomic E-state index is 5.69. The minimum atomic E-state index is 0.492. The quantitative estimate of drug-likeness (QED) is 0.592. The van der Waals surface area contributed by atoms with E-state index < -0.39 is 0 Å². The number of hydrogen-bond acceptors (Lipinski definition) is 3. The minimum absolute atomic E-state index is 0.492. The van der Waals surface area contributed by atoms with E-state index in [1.807, 2.05) is 36.4 Å². The normalized spacial score (nSPS) is 10.3. The molecule has 1 heterocycles. The summed E-state index contributed by atoms with van der Waals surface area (Å²) < 4.78 is 11.0. The highest BCUT2D eigenvalue weighted by atomic mass is 35.5. The van der Waals surface area contributed by atoms with E-state index >= 15 is 0 Å². The number of pyridine rings is 1. The van der Waals surface area contributed by atoms with Crippen LogP contribution in [0.5, 0.6) is 5.75 Å². The Kier molecular flexibility index (Phi) is 5.00. The molecule has 0 saturated carbocycles. The summed E-state index contributed by atoms with van der Waals surface area (Å²) >= 11 is 5.69. The zero-order valence-corrected chi connectivity index (χ0v) is 10.6. The molecule has 0 atom stereocenters. The number of benzene rings is 1. The number of hydrogen-bond donors (Lipinski definition) is 0. The molecule has 0 radical (unpaired) electrons. The Morgan fingerprint density at radius 2 is 1.83 bits per heavy atom. The van der Waals surface area contributed by atoms with Gasteiger partial charge in [-0.15, -0.1) is 0 Å². The van der Waals surface area contributed by atoms with Gasteiger partial charge in [0.15, 0.2) is 0 Å². The van der Waals surface area contributed by atoms with Crippen molar-refractivity contribution in [1.82, 2.24) is 4.98 Å². The molecule has 0 amide bonds. The van der Waals surface area contributed by atoms with Gasteiger partial charge < -0.3 is 9.47 Å². The number of aromatic nitrogens is 1. The van der Waals surface area contributed by atoms with Crippen molar-refractivity contribution in [2.75, 3.05) is 13.2 Å². The van der Waals surface area contributed by atoms with Gasteiger partial charge in [-0.1, -0.05) is 35.9 Å². The predicted molar refractivity (Wildman–Crippen MR) is 70.8 cm³/mol. The summed E-state index contributed by atoms with van der Waals surface area (Å²) in [5.41, 5.74) is 0.999. The SMILES string of the molecule is Clc1ccc(COCCOc2ccccc2)cn1. The molecule has 0 aliphatic heterocycles. The molecule has 0 aliphatic rings. The van der Waals surface area contributed by atoms with E-state index in [-0.39, 0.29) is 0 Å². The van der Waals surface area contributed by atoms with E-state index in [1.54, 1.807) is 12.3 Å². The van der Waals surface area contributed by atoms with Crippen LogP contribution in [0.2, 0.25) is 5.15 Å². The molecule has 0 fully saturated rings. The van der Waals surface area contributed by atoms with Crippen LogP contribution in [-0.4, -0.2) is 18.2 Å². The summed E-state index contributed by atoms with van der Waals surface area (Å²) in [5.74, 6) is 0.856. The third kappa shape index (κ3) is 4.35. The summed E-state index contributed by atoms with van der Waals surface area (Å²) in [5, 5.41) is 0.492. The molecule has 0 saturated heterocycles. The average Bonchev–Trinajstić information content (AvgIpc) is 2.42. The summed E-state index contributed by atoms with van der Waals surface area (Å²) in [6, 6.07) is 13.3. The van der Waals surface area contributed by atoms with Crippen molar-refractivity contribution < 1.29 is 9.47 Å². The van der Waals surface area contributed by atoms with Gasteiger partial charge in [-0.2, -0.15) is 0 Å². The van der Waals surface area contributed by atoms with E-state index in [4.69, 9.17) is 21.1 Å². The van der Waals surface area contributed by atoms with Crippen LogP contribution in [-0.2, 0) is 11.3 Å². The monoisotopic (exact) mass is 263 g/mol. The van der Waals surface area contributed by atoms with Crippen molar-refractivity contribution in [2.45, 2.75) is 6.61 Å². The Morgan fingerprint density at radius 3 is 2.56 bits per heavy atom. The predicted octanol–water partition coefficient (Wildman–Crippen LogP) is 3.33. The van der Waals surface area contributed by atoms with Gasteiger partial charge in [0, 0.05) is 6.20 Å². The molecule has 0 N–H and O–H groups in total. The summed E-state index contributed by atoms with van der Waals surface area (Å²) in [7, 11) is 0. The molecule has 0 aliphatic carbocycles. The lowest BCUT2D eigenvalue weighted by molar-refractivity contribution is 0.0888. The van der Waals surface area contributed by atoms with Gasteiger partial charge in [0.25, 0.3) is 0 Å². The van der Waals surface area contributed by atoms with E-state index in [0.29, 0.717) is 25.0 Å². The van der Waals surface area contributed by atoms with Crippen LogP contribution in [0.1, 0.15) is 5.56 Å². The van der Waals surface area contributed by atoms with Crippen LogP contribution in [0.15, 0.2) is 48.7 Å². The summed E-state index contributed by atoms with van der Waals surface area (Å²) in [6.45, 7) is 1.59. The molecule has 1 aromatic carbocycles. The highest BCUT2D eigenvalue weighted by Gasteiger charge is 1.95. The molecular weight excluding hydrogens is 250 g/mol. The van der Waals surface area contributed by atoms with Gasteiger partial charge in [-0.05, 0) is 23.8 Å². The molecule has 1 aromatic heterocycles. The average molecular weight is 264 g/mol. The van der Waals surface area contributed by atoms with Crippen molar-refractivity contribution in [3.8, 4) is 5.75 Å². The molecule has 0 bridgehead atoms. The summed E-state index contributed by atoms with van der Waals surface area (Å²) in [4.78, 5) is 3.98. The van der Waals surface area contributed by atoms with Crippen LogP contribution in [0, 0.1) is 0 Å². The van der Waals surface area contributed by atoms with E-state index in [0.717, 1.165) is 11.3 Å². The largest absolute Gasteiger partial charge is 0.491 e. The van der Waals surface area contributed by atoms with Crippen molar-refractivity contribution >= 4 is 11.6 Å². The van der Waals surface area contributed by atoms with Crippen LogP contribution >= 0.6 is 11.6 Å². The first-order chi connectivity index (χ1) is 8.84. The lowest BCUT2D eigenvalue weighted by atomic mass is 10.3. The Labute approximate surface area is 111 Å². The van der Waals surface area contributed by atoms with E-state index in [2.05, 4.69) is 4.98 Å². The second kappa shape index (κ2) is 6.99. The highest BCUT2D eigenvalue weighted by molar-refractivity contribution is 6.29. The van der Waals surface area contributed by atoms with Crippen LogP contribution in [0.4, 0.5) is 0 Å². The van der Waals surface area contributed by atoms with Crippen molar-refractivity contribution in [1.29, 1.82) is 0 Å². The fourth-order valence-electron chi connectivity index (χ4n) is 1.42. The molecule has 94 valence electrons. The maximum Gasteiger partial charge on any atom is 0.129 e. The first-order valence-electron chi connectivity index (χ1n) is 5.70. The van der Waals surface area contributed by atoms with Gasteiger partial charge in [0.2, 0.25) is 0 Å². The van der Waals surface area contributed by atoms with Crippen molar-refractivity contribution in [2.24, 2.45) is 0 Å². The Hall–Kier alpha value is -1.58. The Morgan fingerprint density at radius 1 is 1.00 bits per heavy atom. The lowest BCUT2D eigenvalue weighted by Crippen LogP contribution is -2.06. The van der Waals surface area contributed by atoms with Gasteiger partial charge in [0.1, 0.15) is 17.5 Å². The van der Waals surface area contributed by atoms with E-state index in [1.165, 1.54) is 0 Å². The van der Waals surface area contributed by atoms with Crippen LogP contribution < -0.4 is 4.74 Å². The zero-order valence-electron chi connectivity index (χ0n) is 9.88. The molecule has 18 heavy (non-hydrogen) atoms. The molecular formula is C14H14ClNO2. The molecule has 2 rings (SSSR count). The Bertz CT molecular complexity index is 459. The first kappa shape index (κ1) is 12.9. The smallest absolute Gasteiger partial charge is 0.129 e. The first-order valence-corrected chi connectivity index (χ1v) is 6.08. The van der Waals surface area contributed by atoms with Gasteiger partial charge in [-0.3, -0.25) is 0 Å². The number of rotatable bonds is 6. The molecule has 0 unspecified atom stereocenters.